The molecule has 174 valence electrons. The highest BCUT2D eigenvalue weighted by molar-refractivity contribution is 5.26. The number of rotatable bonds is 6. The fraction of sp³-hybridized carbons (Fsp3) is 0.522. The van der Waals surface area contributed by atoms with Crippen molar-refractivity contribution in [2.45, 2.75) is 38.7 Å². The molecular weight excluding hydrogens is 423 g/mol. The maximum atomic E-state index is 12.7. The molecule has 1 N–H and O–H groups in total. The first kappa shape index (κ1) is 22.8. The fourth-order valence-electron chi connectivity index (χ4n) is 4.30. The molecule has 2 aliphatic heterocycles. The highest BCUT2D eigenvalue weighted by Gasteiger charge is 2.30. The van der Waals surface area contributed by atoms with Gasteiger partial charge in [-0.2, -0.15) is 13.2 Å². The summed E-state index contributed by atoms with van der Waals surface area (Å²) in [4.78, 5) is 18.7. The number of piperazine rings is 1. The van der Waals surface area contributed by atoms with E-state index in [1.807, 2.05) is 0 Å². The predicted molar refractivity (Wildman–Crippen MR) is 113 cm³/mol. The summed E-state index contributed by atoms with van der Waals surface area (Å²) in [5, 5.41) is 10.2. The van der Waals surface area contributed by atoms with Crippen molar-refractivity contribution in [2.24, 2.45) is 0 Å². The van der Waals surface area contributed by atoms with Crippen LogP contribution in [-0.4, -0.2) is 59.1 Å². The van der Waals surface area contributed by atoms with Crippen molar-refractivity contribution in [2.75, 3.05) is 39.3 Å². The van der Waals surface area contributed by atoms with Crippen LogP contribution in [0.4, 0.5) is 13.2 Å². The summed E-state index contributed by atoms with van der Waals surface area (Å²) < 4.78 is 44.0. The molecule has 0 bridgehead atoms. The smallest absolute Gasteiger partial charge is 0.416 e. The quantitative estimate of drug-likeness (QED) is 0.728. The monoisotopic (exact) mass is 451 g/mol. The van der Waals surface area contributed by atoms with Gasteiger partial charge in [-0.1, -0.05) is 12.1 Å². The van der Waals surface area contributed by atoms with Crippen LogP contribution < -0.4 is 5.43 Å². The van der Waals surface area contributed by atoms with Crippen molar-refractivity contribution in [1.82, 2.24) is 14.7 Å². The molecular formula is C23H28F3N3O3. The largest absolute Gasteiger partial charge is 0.502 e. The van der Waals surface area contributed by atoms with Crippen molar-refractivity contribution in [1.29, 1.82) is 0 Å². The maximum Gasteiger partial charge on any atom is 0.416 e. The summed E-state index contributed by atoms with van der Waals surface area (Å²) in [5.41, 5.74) is -0.217. The van der Waals surface area contributed by atoms with E-state index in [1.54, 1.807) is 0 Å². The number of hydrogen-bond acceptors (Lipinski definition) is 6. The van der Waals surface area contributed by atoms with Crippen LogP contribution in [0, 0.1) is 0 Å². The van der Waals surface area contributed by atoms with Gasteiger partial charge in [0.05, 0.1) is 18.7 Å². The second-order valence-electron chi connectivity index (χ2n) is 8.58. The van der Waals surface area contributed by atoms with E-state index < -0.39 is 17.2 Å². The zero-order chi connectivity index (χ0) is 22.7. The topological polar surface area (TPSA) is 60.2 Å². The van der Waals surface area contributed by atoms with Crippen molar-refractivity contribution < 1.29 is 22.7 Å². The molecule has 2 aromatic rings. The zero-order valence-electron chi connectivity index (χ0n) is 17.9. The SMILES string of the molecule is O=c1cc(CN2CCCC2)oc(CN2CCN(Cc3ccc(C(F)(F)F)cc3)CC2)c1O. The second kappa shape index (κ2) is 9.64. The van der Waals surface area contributed by atoms with Crippen molar-refractivity contribution in [3.05, 3.63) is 63.2 Å². The molecule has 4 rings (SSSR count). The normalized spacial score (nSPS) is 19.0. The number of nitrogens with zero attached hydrogens (tertiary/aromatic N) is 3. The number of benzene rings is 1. The Morgan fingerprint density at radius 1 is 0.844 bits per heavy atom. The zero-order valence-corrected chi connectivity index (χ0v) is 17.9. The summed E-state index contributed by atoms with van der Waals surface area (Å²) in [6.45, 7) is 6.37. The minimum Gasteiger partial charge on any atom is -0.502 e. The molecule has 1 aromatic carbocycles. The molecule has 2 aliphatic rings. The Morgan fingerprint density at radius 2 is 1.41 bits per heavy atom. The summed E-state index contributed by atoms with van der Waals surface area (Å²) in [6.07, 6.45) is -2.03. The van der Waals surface area contributed by atoms with Crippen LogP contribution in [0.1, 0.15) is 35.5 Å². The molecule has 0 spiro atoms. The van der Waals surface area contributed by atoms with Crippen LogP contribution >= 0.6 is 0 Å². The van der Waals surface area contributed by atoms with Gasteiger partial charge in [0, 0.05) is 38.8 Å². The lowest BCUT2D eigenvalue weighted by Gasteiger charge is -2.34. The Labute approximate surface area is 184 Å². The third-order valence-electron chi connectivity index (χ3n) is 6.14. The van der Waals surface area contributed by atoms with Gasteiger partial charge in [0.25, 0.3) is 0 Å². The molecule has 0 saturated carbocycles. The fourth-order valence-corrected chi connectivity index (χ4v) is 4.30. The summed E-state index contributed by atoms with van der Waals surface area (Å²) in [5.74, 6) is 0.538. The highest BCUT2D eigenvalue weighted by Crippen LogP contribution is 2.29. The van der Waals surface area contributed by atoms with Crippen LogP contribution in [0.3, 0.4) is 0 Å². The molecule has 9 heteroatoms. The average Bonchev–Trinajstić information content (AvgIpc) is 3.26. The van der Waals surface area contributed by atoms with Crippen molar-refractivity contribution >= 4 is 0 Å². The minimum absolute atomic E-state index is 0.294. The Morgan fingerprint density at radius 3 is 2.00 bits per heavy atom. The van der Waals surface area contributed by atoms with Gasteiger partial charge in [-0.3, -0.25) is 19.5 Å². The molecule has 0 aliphatic carbocycles. The van der Waals surface area contributed by atoms with Gasteiger partial charge in [-0.15, -0.1) is 0 Å². The molecule has 2 saturated heterocycles. The molecule has 0 atom stereocenters. The van der Waals surface area contributed by atoms with E-state index in [2.05, 4.69) is 14.7 Å². The van der Waals surface area contributed by atoms with Gasteiger partial charge in [0.1, 0.15) is 5.76 Å². The Kier molecular flexibility index (Phi) is 6.88. The standard InChI is InChI=1S/C23H28F3N3O3/c24-23(25,26)18-5-3-17(4-6-18)14-28-9-11-29(12-10-28)16-21-22(31)20(30)13-19(32-21)15-27-7-1-2-8-27/h3-6,13,31H,1-2,7-12,14-16H2. The number of likely N-dealkylation sites (tertiary alicyclic amines) is 1. The first-order chi connectivity index (χ1) is 15.3. The Bertz CT molecular complexity index is 961. The van der Waals surface area contributed by atoms with Gasteiger partial charge in [-0.25, -0.2) is 0 Å². The lowest BCUT2D eigenvalue weighted by molar-refractivity contribution is -0.137. The molecule has 1 aromatic heterocycles. The molecule has 0 radical (unpaired) electrons. The number of aromatic hydroxyl groups is 1. The minimum atomic E-state index is -4.32. The van der Waals surface area contributed by atoms with E-state index in [4.69, 9.17) is 4.42 Å². The van der Waals surface area contributed by atoms with Gasteiger partial charge in [0.2, 0.25) is 11.2 Å². The van der Waals surface area contributed by atoms with Crippen LogP contribution in [0.2, 0.25) is 0 Å². The number of halogens is 3. The molecule has 32 heavy (non-hydrogen) atoms. The summed E-state index contributed by atoms with van der Waals surface area (Å²) in [6, 6.07) is 6.65. The Balaban J connectivity index is 1.32. The van der Waals surface area contributed by atoms with E-state index in [0.717, 1.165) is 56.7 Å². The number of alkyl halides is 3. The second-order valence-corrected chi connectivity index (χ2v) is 8.58. The van der Waals surface area contributed by atoms with Gasteiger partial charge < -0.3 is 9.52 Å². The van der Waals surface area contributed by atoms with Crippen LogP contribution in [-0.2, 0) is 25.8 Å². The Hall–Kier alpha value is -2.36. The third-order valence-corrected chi connectivity index (χ3v) is 6.14. The van der Waals surface area contributed by atoms with Crippen LogP contribution in [0.15, 0.2) is 39.5 Å². The molecule has 2 fully saturated rings. The van der Waals surface area contributed by atoms with E-state index in [-0.39, 0.29) is 5.75 Å². The third kappa shape index (κ3) is 5.70. The summed E-state index contributed by atoms with van der Waals surface area (Å²) >= 11 is 0. The molecule has 0 amide bonds. The predicted octanol–water partition coefficient (Wildman–Crippen LogP) is 3.28. The van der Waals surface area contributed by atoms with Gasteiger partial charge >= 0.3 is 6.18 Å². The summed E-state index contributed by atoms with van der Waals surface area (Å²) in [7, 11) is 0. The maximum absolute atomic E-state index is 12.7. The molecule has 0 unspecified atom stereocenters. The van der Waals surface area contributed by atoms with Crippen molar-refractivity contribution in [3.8, 4) is 5.75 Å². The highest BCUT2D eigenvalue weighted by atomic mass is 19.4. The lowest BCUT2D eigenvalue weighted by atomic mass is 10.1. The number of hydrogen-bond donors (Lipinski definition) is 1. The van der Waals surface area contributed by atoms with Crippen molar-refractivity contribution in [3.63, 3.8) is 0 Å². The lowest BCUT2D eigenvalue weighted by Crippen LogP contribution is -2.45. The van der Waals surface area contributed by atoms with E-state index >= 15 is 0 Å². The first-order valence-electron chi connectivity index (χ1n) is 11.0. The first-order valence-corrected chi connectivity index (χ1v) is 11.0. The van der Waals surface area contributed by atoms with Gasteiger partial charge in [-0.05, 0) is 43.6 Å². The van der Waals surface area contributed by atoms with Crippen LogP contribution in [0.25, 0.3) is 0 Å². The molecule has 3 heterocycles. The van der Waals surface area contributed by atoms with E-state index in [0.29, 0.717) is 44.2 Å². The average molecular weight is 451 g/mol. The van der Waals surface area contributed by atoms with E-state index in [9.17, 15) is 23.1 Å². The van der Waals surface area contributed by atoms with Crippen LogP contribution in [0.5, 0.6) is 5.75 Å². The molecule has 6 nitrogen and oxygen atoms in total. The van der Waals surface area contributed by atoms with E-state index in [1.165, 1.54) is 18.2 Å². The van der Waals surface area contributed by atoms with Gasteiger partial charge in [0.15, 0.2) is 5.76 Å².